The van der Waals surface area contributed by atoms with E-state index in [-0.39, 0.29) is 12.0 Å². The third-order valence-corrected chi connectivity index (χ3v) is 4.75. The summed E-state index contributed by atoms with van der Waals surface area (Å²) in [5.74, 6) is 1.33. The summed E-state index contributed by atoms with van der Waals surface area (Å²) in [5.41, 5.74) is 2.04. The number of aromatic nitrogens is 2. The number of nitrogens with one attached hydrogen (secondary N) is 1. The molecule has 0 saturated carbocycles. The third kappa shape index (κ3) is 3.94. The Morgan fingerprint density at radius 1 is 1.35 bits per heavy atom. The first-order valence-corrected chi connectivity index (χ1v) is 8.95. The summed E-state index contributed by atoms with van der Waals surface area (Å²) >= 11 is 0. The number of rotatable bonds is 7. The van der Waals surface area contributed by atoms with Crippen LogP contribution in [-0.4, -0.2) is 60.8 Å². The number of methoxy groups -OCH3 is 2. The number of nitrogens with zero attached hydrogens (tertiary/aromatic N) is 3. The quantitative estimate of drug-likeness (QED) is 0.600. The number of ether oxygens (including phenoxy) is 2. The van der Waals surface area contributed by atoms with Gasteiger partial charge in [0.25, 0.3) is 0 Å². The van der Waals surface area contributed by atoms with E-state index in [1.807, 2.05) is 25.1 Å². The van der Waals surface area contributed by atoms with Crippen LogP contribution in [0.4, 0.5) is 5.82 Å². The summed E-state index contributed by atoms with van der Waals surface area (Å²) in [6.45, 7) is 4.70. The number of benzene rings is 1. The molecule has 7 nitrogen and oxygen atoms in total. The normalized spacial score (nSPS) is 17.6. The van der Waals surface area contributed by atoms with E-state index in [2.05, 4.69) is 10.2 Å². The van der Waals surface area contributed by atoms with Crippen molar-refractivity contribution in [2.45, 2.75) is 32.4 Å². The third-order valence-electron chi connectivity index (χ3n) is 4.75. The first-order valence-electron chi connectivity index (χ1n) is 8.95. The number of carbonyl (C=O) groups is 1. The molecule has 1 atom stereocenters. The standard InChI is InChI=1S/C19H26N4O3/c1-13-6-4-7-14-17(13)21-16(22-18(14)20-9-11-25-2)12-23-10-5-8-15(23)19(24)26-3/h4,6-7,15H,5,8-12H2,1-3H3,(H,20,21,22)/t15-/m0/s1. The Hall–Kier alpha value is -2.25. The fraction of sp³-hybridized carbons (Fsp3) is 0.526. The van der Waals surface area contributed by atoms with Crippen LogP contribution in [0.15, 0.2) is 18.2 Å². The minimum atomic E-state index is -0.207. The van der Waals surface area contributed by atoms with E-state index in [1.54, 1.807) is 7.11 Å². The maximum atomic E-state index is 12.0. The number of likely N-dealkylation sites (tertiary alicyclic amines) is 1. The molecule has 0 radical (unpaired) electrons. The summed E-state index contributed by atoms with van der Waals surface area (Å²) in [4.78, 5) is 23.6. The summed E-state index contributed by atoms with van der Waals surface area (Å²) in [6, 6.07) is 5.87. The summed E-state index contributed by atoms with van der Waals surface area (Å²) in [7, 11) is 3.11. The first kappa shape index (κ1) is 18.5. The fourth-order valence-electron chi connectivity index (χ4n) is 3.42. The number of carbonyl (C=O) groups excluding carboxylic acids is 1. The van der Waals surface area contributed by atoms with Gasteiger partial charge in [0, 0.05) is 19.0 Å². The Labute approximate surface area is 153 Å². The first-order chi connectivity index (χ1) is 12.6. The molecule has 2 heterocycles. The van der Waals surface area contributed by atoms with E-state index in [9.17, 15) is 4.79 Å². The number of fused-ring (bicyclic) bond motifs is 1. The highest BCUT2D eigenvalue weighted by atomic mass is 16.5. The van der Waals surface area contributed by atoms with E-state index in [1.165, 1.54) is 7.11 Å². The minimum absolute atomic E-state index is 0.182. The van der Waals surface area contributed by atoms with Crippen molar-refractivity contribution in [1.82, 2.24) is 14.9 Å². The molecule has 1 saturated heterocycles. The van der Waals surface area contributed by atoms with Crippen LogP contribution in [-0.2, 0) is 20.8 Å². The minimum Gasteiger partial charge on any atom is -0.468 e. The second kappa shape index (κ2) is 8.42. The van der Waals surface area contributed by atoms with Crippen molar-refractivity contribution in [3.63, 3.8) is 0 Å². The zero-order chi connectivity index (χ0) is 18.5. The Balaban J connectivity index is 1.90. The molecule has 0 unspecified atom stereocenters. The van der Waals surface area contributed by atoms with Crippen molar-refractivity contribution >= 4 is 22.7 Å². The smallest absolute Gasteiger partial charge is 0.323 e. The van der Waals surface area contributed by atoms with Gasteiger partial charge in [-0.15, -0.1) is 0 Å². The second-order valence-corrected chi connectivity index (χ2v) is 6.53. The van der Waals surface area contributed by atoms with E-state index in [4.69, 9.17) is 19.4 Å². The number of hydrogen-bond donors (Lipinski definition) is 1. The average molecular weight is 358 g/mol. The highest BCUT2D eigenvalue weighted by Crippen LogP contribution is 2.25. The van der Waals surface area contributed by atoms with Crippen molar-refractivity contribution in [1.29, 1.82) is 0 Å². The maximum Gasteiger partial charge on any atom is 0.323 e. The molecule has 0 bridgehead atoms. The van der Waals surface area contributed by atoms with E-state index >= 15 is 0 Å². The molecule has 0 aliphatic carbocycles. The molecule has 1 N–H and O–H groups in total. The number of esters is 1. The van der Waals surface area contributed by atoms with E-state index in [0.717, 1.165) is 41.7 Å². The van der Waals surface area contributed by atoms with Gasteiger partial charge in [-0.2, -0.15) is 0 Å². The molecule has 7 heteroatoms. The molecule has 26 heavy (non-hydrogen) atoms. The van der Waals surface area contributed by atoms with Gasteiger partial charge >= 0.3 is 5.97 Å². The Morgan fingerprint density at radius 2 is 2.19 bits per heavy atom. The molecule has 1 aliphatic heterocycles. The lowest BCUT2D eigenvalue weighted by molar-refractivity contribution is -0.146. The molecule has 3 rings (SSSR count). The van der Waals surface area contributed by atoms with Crippen LogP contribution >= 0.6 is 0 Å². The van der Waals surface area contributed by atoms with Gasteiger partial charge < -0.3 is 14.8 Å². The monoisotopic (exact) mass is 358 g/mol. The fourth-order valence-corrected chi connectivity index (χ4v) is 3.42. The molecular weight excluding hydrogens is 332 g/mol. The second-order valence-electron chi connectivity index (χ2n) is 6.53. The molecule has 140 valence electrons. The molecular formula is C19H26N4O3. The highest BCUT2D eigenvalue weighted by Gasteiger charge is 2.32. The van der Waals surface area contributed by atoms with Gasteiger partial charge in [-0.25, -0.2) is 9.97 Å². The van der Waals surface area contributed by atoms with Gasteiger partial charge in [0.05, 0.1) is 25.8 Å². The van der Waals surface area contributed by atoms with Gasteiger partial charge in [0.1, 0.15) is 17.7 Å². The van der Waals surface area contributed by atoms with Gasteiger partial charge in [0.15, 0.2) is 0 Å². The lowest BCUT2D eigenvalue weighted by Gasteiger charge is -2.22. The lowest BCUT2D eigenvalue weighted by Crippen LogP contribution is -2.36. The van der Waals surface area contributed by atoms with E-state index < -0.39 is 0 Å². The maximum absolute atomic E-state index is 12.0. The predicted molar refractivity (Wildman–Crippen MR) is 100 cm³/mol. The Bertz CT molecular complexity index is 781. The molecule has 1 aromatic carbocycles. The van der Waals surface area contributed by atoms with Crippen LogP contribution in [0.1, 0.15) is 24.2 Å². The van der Waals surface area contributed by atoms with Gasteiger partial charge in [-0.1, -0.05) is 12.1 Å². The number of hydrogen-bond acceptors (Lipinski definition) is 7. The highest BCUT2D eigenvalue weighted by molar-refractivity contribution is 5.91. The summed E-state index contributed by atoms with van der Waals surface area (Å²) in [5, 5.41) is 4.34. The average Bonchev–Trinajstić information content (AvgIpc) is 3.10. The molecule has 0 spiro atoms. The molecule has 1 aromatic heterocycles. The topological polar surface area (TPSA) is 76.6 Å². The van der Waals surface area contributed by atoms with Crippen LogP contribution in [0.2, 0.25) is 0 Å². The van der Waals surface area contributed by atoms with Gasteiger partial charge in [-0.3, -0.25) is 9.69 Å². The van der Waals surface area contributed by atoms with Crippen molar-refractivity contribution in [3.05, 3.63) is 29.6 Å². The van der Waals surface area contributed by atoms with Crippen LogP contribution in [0.3, 0.4) is 0 Å². The molecule has 1 aliphatic rings. The van der Waals surface area contributed by atoms with Gasteiger partial charge in [0.2, 0.25) is 0 Å². The summed E-state index contributed by atoms with van der Waals surface area (Å²) in [6.07, 6.45) is 1.80. The van der Waals surface area contributed by atoms with Crippen molar-refractivity contribution < 1.29 is 14.3 Å². The summed E-state index contributed by atoms with van der Waals surface area (Å²) < 4.78 is 10.1. The SMILES string of the molecule is COCCNc1nc(CN2CCC[C@H]2C(=O)OC)nc2c(C)cccc12. The number of aryl methyl sites for hydroxylation is 1. The van der Waals surface area contributed by atoms with Crippen LogP contribution < -0.4 is 5.32 Å². The molecule has 0 amide bonds. The largest absolute Gasteiger partial charge is 0.468 e. The van der Waals surface area contributed by atoms with Crippen LogP contribution in [0.5, 0.6) is 0 Å². The Morgan fingerprint density at radius 3 is 2.96 bits per heavy atom. The molecule has 2 aromatic rings. The van der Waals surface area contributed by atoms with Crippen LogP contribution in [0, 0.1) is 6.92 Å². The van der Waals surface area contributed by atoms with Crippen molar-refractivity contribution in [2.75, 3.05) is 39.2 Å². The predicted octanol–water partition coefficient (Wildman–Crippen LogP) is 2.13. The van der Waals surface area contributed by atoms with Crippen molar-refractivity contribution in [2.24, 2.45) is 0 Å². The zero-order valence-corrected chi connectivity index (χ0v) is 15.6. The Kier molecular flexibility index (Phi) is 6.00. The number of anilines is 1. The molecule has 1 fully saturated rings. The van der Waals surface area contributed by atoms with Crippen molar-refractivity contribution in [3.8, 4) is 0 Å². The zero-order valence-electron chi connectivity index (χ0n) is 15.6. The van der Waals surface area contributed by atoms with Gasteiger partial charge in [-0.05, 0) is 37.9 Å². The number of para-hydroxylation sites is 1. The van der Waals surface area contributed by atoms with E-state index in [0.29, 0.717) is 25.5 Å². The van der Waals surface area contributed by atoms with Crippen LogP contribution in [0.25, 0.3) is 10.9 Å². The lowest BCUT2D eigenvalue weighted by atomic mass is 10.1.